The number of benzene rings is 2. The zero-order chi connectivity index (χ0) is 13.8. The lowest BCUT2D eigenvalue weighted by atomic mass is 10.2. The maximum Gasteiger partial charge on any atom is 0.251 e. The van der Waals surface area contributed by atoms with Crippen LogP contribution in [0.2, 0.25) is 0 Å². The summed E-state index contributed by atoms with van der Waals surface area (Å²) in [5, 5.41) is 2.86. The van der Waals surface area contributed by atoms with Gasteiger partial charge < -0.3 is 11.1 Å². The minimum atomic E-state index is -0.137. The lowest BCUT2D eigenvalue weighted by Crippen LogP contribution is -2.22. The molecule has 0 saturated heterocycles. The van der Waals surface area contributed by atoms with Crippen molar-refractivity contribution in [3.63, 3.8) is 0 Å². The molecule has 98 valence electrons. The first-order valence-corrected chi connectivity index (χ1v) is 7.22. The highest BCUT2D eigenvalue weighted by atomic mass is 79.9. The summed E-state index contributed by atoms with van der Waals surface area (Å²) in [5.41, 5.74) is 7.90. The molecular weight excluding hydrogens is 372 g/mol. The van der Waals surface area contributed by atoms with Gasteiger partial charge in [0.05, 0.1) is 0 Å². The molecule has 0 radical (unpaired) electrons. The topological polar surface area (TPSA) is 55.1 Å². The summed E-state index contributed by atoms with van der Waals surface area (Å²) in [7, 11) is 0. The van der Waals surface area contributed by atoms with Crippen LogP contribution in [-0.2, 0) is 6.54 Å². The predicted octanol–water partition coefficient (Wildman–Crippen LogP) is 3.72. The van der Waals surface area contributed by atoms with Crippen molar-refractivity contribution in [3.05, 3.63) is 62.5 Å². The average Bonchev–Trinajstić information content (AvgIpc) is 2.41. The fourth-order valence-electron chi connectivity index (χ4n) is 1.57. The third-order valence-electron chi connectivity index (χ3n) is 2.62. The highest BCUT2D eigenvalue weighted by Crippen LogP contribution is 2.20. The Labute approximate surface area is 128 Å². The summed E-state index contributed by atoms with van der Waals surface area (Å²) in [4.78, 5) is 12.0. The first kappa shape index (κ1) is 14.1. The minimum Gasteiger partial charge on any atom is -0.398 e. The van der Waals surface area contributed by atoms with Gasteiger partial charge in [-0.25, -0.2) is 0 Å². The molecule has 2 rings (SSSR count). The Hall–Kier alpha value is -1.33. The van der Waals surface area contributed by atoms with Crippen molar-refractivity contribution in [1.82, 2.24) is 5.32 Å². The number of rotatable bonds is 3. The van der Waals surface area contributed by atoms with Gasteiger partial charge in [0.15, 0.2) is 0 Å². The van der Waals surface area contributed by atoms with Crippen molar-refractivity contribution in [1.29, 1.82) is 0 Å². The van der Waals surface area contributed by atoms with Crippen molar-refractivity contribution in [2.24, 2.45) is 0 Å². The van der Waals surface area contributed by atoms with Crippen molar-refractivity contribution in [3.8, 4) is 0 Å². The van der Waals surface area contributed by atoms with Crippen molar-refractivity contribution >= 4 is 43.5 Å². The number of amides is 1. The molecule has 0 aliphatic carbocycles. The number of nitrogen functional groups attached to an aromatic ring is 1. The zero-order valence-electron chi connectivity index (χ0n) is 9.99. The number of carbonyl (C=O) groups is 1. The van der Waals surface area contributed by atoms with Gasteiger partial charge in [-0.05, 0) is 51.8 Å². The van der Waals surface area contributed by atoms with Gasteiger partial charge in [0.2, 0.25) is 0 Å². The van der Waals surface area contributed by atoms with Gasteiger partial charge >= 0.3 is 0 Å². The molecule has 0 aliphatic rings. The first-order chi connectivity index (χ1) is 9.06. The third kappa shape index (κ3) is 3.81. The Morgan fingerprint density at radius 2 is 1.79 bits per heavy atom. The Kier molecular flexibility index (Phi) is 4.61. The molecule has 0 saturated carbocycles. The van der Waals surface area contributed by atoms with Gasteiger partial charge in [-0.3, -0.25) is 4.79 Å². The fraction of sp³-hybridized carbons (Fsp3) is 0.0714. The summed E-state index contributed by atoms with van der Waals surface area (Å²) in [5.74, 6) is -0.137. The van der Waals surface area contributed by atoms with Crippen LogP contribution in [0.25, 0.3) is 0 Å². The molecule has 0 heterocycles. The van der Waals surface area contributed by atoms with Gasteiger partial charge in [-0.2, -0.15) is 0 Å². The molecule has 0 spiro atoms. The van der Waals surface area contributed by atoms with E-state index in [-0.39, 0.29) is 5.91 Å². The summed E-state index contributed by atoms with van der Waals surface area (Å²) in [6.07, 6.45) is 0. The van der Waals surface area contributed by atoms with Crippen LogP contribution < -0.4 is 11.1 Å². The highest BCUT2D eigenvalue weighted by molar-refractivity contribution is 9.10. The van der Waals surface area contributed by atoms with E-state index in [0.29, 0.717) is 17.8 Å². The van der Waals surface area contributed by atoms with Crippen molar-refractivity contribution < 1.29 is 4.79 Å². The van der Waals surface area contributed by atoms with Crippen LogP contribution in [0, 0.1) is 0 Å². The van der Waals surface area contributed by atoms with Gasteiger partial charge in [-0.1, -0.05) is 28.1 Å². The smallest absolute Gasteiger partial charge is 0.251 e. The monoisotopic (exact) mass is 382 g/mol. The molecule has 1 amide bonds. The van der Waals surface area contributed by atoms with E-state index in [0.717, 1.165) is 14.5 Å². The molecule has 0 aliphatic heterocycles. The Bertz CT molecular complexity index is 597. The largest absolute Gasteiger partial charge is 0.398 e. The van der Waals surface area contributed by atoms with E-state index in [1.807, 2.05) is 24.3 Å². The van der Waals surface area contributed by atoms with Gasteiger partial charge in [0, 0.05) is 26.7 Å². The second kappa shape index (κ2) is 6.21. The van der Waals surface area contributed by atoms with E-state index < -0.39 is 0 Å². The van der Waals surface area contributed by atoms with Crippen LogP contribution in [0.15, 0.2) is 51.4 Å². The summed E-state index contributed by atoms with van der Waals surface area (Å²) in [6.45, 7) is 0.488. The van der Waals surface area contributed by atoms with Crippen LogP contribution >= 0.6 is 31.9 Å². The standard InChI is InChI=1S/C14H12Br2N2O/c15-11-4-1-9(2-5-11)8-18-14(19)10-3-6-12(16)13(17)7-10/h1-7H,8,17H2,(H,18,19). The molecule has 5 heteroatoms. The molecule has 2 aromatic rings. The van der Waals surface area contributed by atoms with Gasteiger partial charge in [-0.15, -0.1) is 0 Å². The van der Waals surface area contributed by atoms with E-state index in [1.165, 1.54) is 0 Å². The maximum atomic E-state index is 12.0. The van der Waals surface area contributed by atoms with Gasteiger partial charge in [0.25, 0.3) is 5.91 Å². The van der Waals surface area contributed by atoms with Crippen LogP contribution in [0.3, 0.4) is 0 Å². The fourth-order valence-corrected chi connectivity index (χ4v) is 2.08. The number of halogens is 2. The average molecular weight is 384 g/mol. The number of nitrogens with one attached hydrogen (secondary N) is 1. The molecule has 0 atom stereocenters. The van der Waals surface area contributed by atoms with E-state index in [9.17, 15) is 4.79 Å². The highest BCUT2D eigenvalue weighted by Gasteiger charge is 2.07. The molecular formula is C14H12Br2N2O. The summed E-state index contributed by atoms with van der Waals surface area (Å²) >= 11 is 6.67. The lowest BCUT2D eigenvalue weighted by molar-refractivity contribution is 0.0951. The van der Waals surface area contributed by atoms with Gasteiger partial charge in [0.1, 0.15) is 0 Å². The Morgan fingerprint density at radius 3 is 2.42 bits per heavy atom. The number of nitrogens with two attached hydrogens (primary N) is 1. The molecule has 0 unspecified atom stereocenters. The lowest BCUT2D eigenvalue weighted by Gasteiger charge is -2.07. The van der Waals surface area contributed by atoms with Crippen LogP contribution in [0.5, 0.6) is 0 Å². The number of anilines is 1. The molecule has 3 nitrogen and oxygen atoms in total. The SMILES string of the molecule is Nc1cc(C(=O)NCc2ccc(Br)cc2)ccc1Br. The zero-order valence-corrected chi connectivity index (χ0v) is 13.2. The van der Waals surface area contributed by atoms with Crippen LogP contribution in [0.4, 0.5) is 5.69 Å². The van der Waals surface area contributed by atoms with E-state index in [1.54, 1.807) is 18.2 Å². The first-order valence-electron chi connectivity index (χ1n) is 5.64. The summed E-state index contributed by atoms with van der Waals surface area (Å²) < 4.78 is 1.81. The molecule has 0 fully saturated rings. The summed E-state index contributed by atoms with van der Waals surface area (Å²) in [6, 6.07) is 13.0. The maximum absolute atomic E-state index is 12.0. The number of hydrogen-bond donors (Lipinski definition) is 2. The number of hydrogen-bond acceptors (Lipinski definition) is 2. The molecule has 0 aromatic heterocycles. The normalized spacial score (nSPS) is 10.2. The second-order valence-electron chi connectivity index (χ2n) is 4.05. The van der Waals surface area contributed by atoms with E-state index in [2.05, 4.69) is 37.2 Å². The predicted molar refractivity (Wildman–Crippen MR) is 83.9 cm³/mol. The molecule has 19 heavy (non-hydrogen) atoms. The quantitative estimate of drug-likeness (QED) is 0.793. The Morgan fingerprint density at radius 1 is 1.11 bits per heavy atom. The minimum absolute atomic E-state index is 0.137. The van der Waals surface area contributed by atoms with E-state index in [4.69, 9.17) is 5.73 Å². The van der Waals surface area contributed by atoms with Crippen molar-refractivity contribution in [2.75, 3.05) is 5.73 Å². The molecule has 2 aromatic carbocycles. The van der Waals surface area contributed by atoms with E-state index >= 15 is 0 Å². The third-order valence-corrected chi connectivity index (χ3v) is 3.88. The molecule has 0 bridgehead atoms. The van der Waals surface area contributed by atoms with Crippen LogP contribution in [0.1, 0.15) is 15.9 Å². The van der Waals surface area contributed by atoms with Crippen LogP contribution in [-0.4, -0.2) is 5.91 Å². The Balaban J connectivity index is 2.01. The second-order valence-corrected chi connectivity index (χ2v) is 5.82. The number of carbonyl (C=O) groups excluding carboxylic acids is 1. The van der Waals surface area contributed by atoms with Crippen molar-refractivity contribution in [2.45, 2.75) is 6.54 Å². The molecule has 3 N–H and O–H groups in total.